The minimum atomic E-state index is -2.98. The van der Waals surface area contributed by atoms with Crippen molar-refractivity contribution in [2.45, 2.75) is 152 Å². The molecule has 0 saturated heterocycles. The van der Waals surface area contributed by atoms with Crippen LogP contribution in [0, 0.1) is 0 Å². The van der Waals surface area contributed by atoms with Gasteiger partial charge in [0, 0.05) is 0 Å². The van der Waals surface area contributed by atoms with Gasteiger partial charge in [0.15, 0.2) is 0 Å². The van der Waals surface area contributed by atoms with Crippen LogP contribution in [0.3, 0.4) is 0 Å². The maximum atomic E-state index is 7.12. The summed E-state index contributed by atoms with van der Waals surface area (Å²) in [6, 6.07) is 7.19. The van der Waals surface area contributed by atoms with E-state index in [1.165, 1.54) is 10.5 Å². The van der Waals surface area contributed by atoms with Crippen LogP contribution in [0.1, 0.15) is 116 Å². The summed E-state index contributed by atoms with van der Waals surface area (Å²) in [5.74, 6) is 0. The van der Waals surface area contributed by atoms with E-state index in [1.807, 2.05) is 0 Å². The Morgan fingerprint density at radius 3 is 0.667 bits per heavy atom. The summed E-state index contributed by atoms with van der Waals surface area (Å²) >= 11 is -8.93. The predicted molar refractivity (Wildman–Crippen MR) is 210 cm³/mol. The molecule has 6 atom stereocenters. The minimum absolute atomic E-state index is 0.106. The molecule has 0 spiro atoms. The van der Waals surface area contributed by atoms with Crippen LogP contribution in [0.25, 0.3) is 0 Å². The quantitative estimate of drug-likeness (QED) is 0.134. The molecule has 6 unspecified atom stereocenters. The van der Waals surface area contributed by atoms with Crippen LogP contribution in [0.4, 0.5) is 0 Å². The standard InChI is InChI=1S/6C6H9O.C6H3.3Sb/c6*7-6-4-2-1-3-5-6;1-2-4-6-5-3-1;;;/h6*2,4,6H,1,3,5H2;1,4-5H;;;/q6*-1;;3*+2. The second-order valence-corrected chi connectivity index (χ2v) is 26.9. The number of hydrogen-bond donors (Lipinski definition) is 0. The van der Waals surface area contributed by atoms with E-state index in [4.69, 9.17) is 18.1 Å². The van der Waals surface area contributed by atoms with Crippen LogP contribution < -0.4 is 10.5 Å². The summed E-state index contributed by atoms with van der Waals surface area (Å²) in [4.78, 5) is 0. The van der Waals surface area contributed by atoms with Crippen molar-refractivity contribution >= 4 is 73.7 Å². The first kappa shape index (κ1) is 39.1. The van der Waals surface area contributed by atoms with Crippen LogP contribution in [-0.2, 0) is 18.1 Å². The summed E-state index contributed by atoms with van der Waals surface area (Å²) in [7, 11) is 0. The maximum absolute atomic E-state index is 7.12. The van der Waals surface area contributed by atoms with Gasteiger partial charge < -0.3 is 0 Å². The molecule has 6 aliphatic carbocycles. The van der Waals surface area contributed by atoms with Crippen molar-refractivity contribution in [1.82, 2.24) is 0 Å². The molecule has 0 aromatic heterocycles. The van der Waals surface area contributed by atoms with E-state index < -0.39 is 63.2 Å². The van der Waals surface area contributed by atoms with Gasteiger partial charge in [-0.15, -0.1) is 0 Å². The van der Waals surface area contributed by atoms with Crippen LogP contribution in [0.2, 0.25) is 0 Å². The zero-order chi connectivity index (χ0) is 34.5. The Kier molecular flexibility index (Phi) is 16.3. The van der Waals surface area contributed by atoms with Crippen LogP contribution >= 0.6 is 0 Å². The molecule has 0 aliphatic heterocycles. The zero-order valence-corrected chi connectivity index (χ0v) is 37.8. The molecule has 0 amide bonds. The molecule has 0 saturated carbocycles. The summed E-state index contributed by atoms with van der Waals surface area (Å²) in [6.07, 6.45) is 48.1. The molecule has 51 heavy (non-hydrogen) atoms. The Hall–Kier alpha value is -0.125. The molecular formula is C42H57O6Sb3. The summed E-state index contributed by atoms with van der Waals surface area (Å²) in [5, 5.41) is 0. The van der Waals surface area contributed by atoms with E-state index in [0.717, 1.165) is 116 Å². The topological polar surface area (TPSA) is 55.4 Å². The molecule has 6 nitrogen and oxygen atoms in total. The Balaban J connectivity index is 1.29. The van der Waals surface area contributed by atoms with Crippen molar-refractivity contribution in [3.63, 3.8) is 0 Å². The van der Waals surface area contributed by atoms with Crippen LogP contribution in [0.15, 0.2) is 91.1 Å². The molecule has 0 heterocycles. The van der Waals surface area contributed by atoms with E-state index in [-0.39, 0.29) is 36.6 Å². The third-order valence-electron chi connectivity index (χ3n) is 10.2. The van der Waals surface area contributed by atoms with Crippen LogP contribution in [-0.4, -0.2) is 99.8 Å². The molecule has 7 rings (SSSR count). The Morgan fingerprint density at radius 1 is 0.314 bits per heavy atom. The molecule has 0 bridgehead atoms. The van der Waals surface area contributed by atoms with Gasteiger partial charge in [0.2, 0.25) is 0 Å². The third-order valence-corrected chi connectivity index (χ3v) is 23.9. The van der Waals surface area contributed by atoms with Gasteiger partial charge in [-0.2, -0.15) is 0 Å². The molecule has 9 heteroatoms. The molecule has 0 fully saturated rings. The second kappa shape index (κ2) is 21.3. The van der Waals surface area contributed by atoms with Gasteiger partial charge in [-0.25, -0.2) is 0 Å². The fourth-order valence-electron chi connectivity index (χ4n) is 7.29. The molecule has 1 aromatic carbocycles. The number of allylic oxidation sites excluding steroid dienone is 6. The second-order valence-electron chi connectivity index (χ2n) is 14.5. The molecule has 0 N–H and O–H groups in total. The monoisotopic (exact) mass is 1020 g/mol. The first-order chi connectivity index (χ1) is 25.2. The average molecular weight is 1020 g/mol. The number of rotatable bonds is 15. The van der Waals surface area contributed by atoms with E-state index in [9.17, 15) is 0 Å². The molecule has 1 aromatic rings. The van der Waals surface area contributed by atoms with Gasteiger partial charge in [0.1, 0.15) is 0 Å². The molecule has 0 radical (unpaired) electrons. The Morgan fingerprint density at radius 2 is 0.510 bits per heavy atom. The Bertz CT molecular complexity index is 1170. The van der Waals surface area contributed by atoms with Gasteiger partial charge in [0.05, 0.1) is 0 Å². The van der Waals surface area contributed by atoms with Crippen molar-refractivity contribution in [2.24, 2.45) is 0 Å². The van der Waals surface area contributed by atoms with Crippen LogP contribution in [0.5, 0.6) is 0 Å². The van der Waals surface area contributed by atoms with Gasteiger partial charge in [-0.05, 0) is 0 Å². The van der Waals surface area contributed by atoms with E-state index >= 15 is 0 Å². The normalized spacial score (nSPS) is 29.5. The van der Waals surface area contributed by atoms with Crippen molar-refractivity contribution in [3.05, 3.63) is 91.1 Å². The van der Waals surface area contributed by atoms with Gasteiger partial charge in [-0.1, -0.05) is 0 Å². The molecule has 276 valence electrons. The summed E-state index contributed by atoms with van der Waals surface area (Å²) in [5.41, 5.74) is 0. The van der Waals surface area contributed by atoms with Gasteiger partial charge >= 0.3 is 335 Å². The summed E-state index contributed by atoms with van der Waals surface area (Å²) < 4.78 is 46.4. The fourth-order valence-corrected chi connectivity index (χ4v) is 23.9. The van der Waals surface area contributed by atoms with E-state index in [1.54, 1.807) is 0 Å². The Labute approximate surface area is 332 Å². The number of hydrogen-bond acceptors (Lipinski definition) is 6. The SMILES string of the molecule is C1=CC([O][Sb]([O]C2C=CCCC2)[c]2c[c]([Sb]([O]C3C=CCCC3)[O]C3C=CCCC3)c[c]([Sb]([O]C3C=CCCC3)[O]C3C=CCCC3)c2)CCC1. The summed E-state index contributed by atoms with van der Waals surface area (Å²) in [6.45, 7) is 0. The van der Waals surface area contributed by atoms with Crippen molar-refractivity contribution in [2.75, 3.05) is 0 Å². The van der Waals surface area contributed by atoms with Crippen molar-refractivity contribution in [3.8, 4) is 0 Å². The first-order valence-corrected chi connectivity index (χ1v) is 29.9. The third kappa shape index (κ3) is 12.4. The fraction of sp³-hybridized carbons (Fsp3) is 0.571. The van der Waals surface area contributed by atoms with E-state index in [0.29, 0.717) is 0 Å². The zero-order valence-electron chi connectivity index (χ0n) is 30.1. The van der Waals surface area contributed by atoms with Crippen molar-refractivity contribution < 1.29 is 18.1 Å². The average Bonchev–Trinajstić information content (AvgIpc) is 3.19. The van der Waals surface area contributed by atoms with E-state index in [2.05, 4.69) is 91.1 Å². The predicted octanol–water partition coefficient (Wildman–Crippen LogP) is 7.52. The molecule has 6 aliphatic rings. The molecular weight excluding hydrogens is 966 g/mol. The number of benzene rings is 1. The van der Waals surface area contributed by atoms with Crippen molar-refractivity contribution in [1.29, 1.82) is 0 Å². The van der Waals surface area contributed by atoms with Gasteiger partial charge in [-0.3, -0.25) is 0 Å². The first-order valence-electron chi connectivity index (χ1n) is 19.8. The van der Waals surface area contributed by atoms with Gasteiger partial charge in [0.25, 0.3) is 0 Å².